The van der Waals surface area contributed by atoms with Crippen molar-refractivity contribution in [2.45, 2.75) is 49.4 Å². The molecule has 1 fully saturated rings. The van der Waals surface area contributed by atoms with E-state index in [1.54, 1.807) is 18.2 Å². The first-order valence-electron chi connectivity index (χ1n) is 6.86. The minimum absolute atomic E-state index is 0.0296. The van der Waals surface area contributed by atoms with Crippen LogP contribution in [0.4, 0.5) is 0 Å². The predicted molar refractivity (Wildman–Crippen MR) is 79.5 cm³/mol. The highest BCUT2D eigenvalue weighted by Crippen LogP contribution is 2.23. The number of hydrogen-bond acceptors (Lipinski definition) is 2. The van der Waals surface area contributed by atoms with Crippen molar-refractivity contribution >= 4 is 21.8 Å². The Morgan fingerprint density at radius 1 is 1.32 bits per heavy atom. The first-order valence-corrected chi connectivity index (χ1v) is 7.78. The molecule has 1 aliphatic carbocycles. The predicted octanol–water partition coefficient (Wildman–Crippen LogP) is 3.15. The Balaban J connectivity index is 1.89. The Kier molecular flexibility index (Phi) is 5.25. The van der Waals surface area contributed by atoms with Gasteiger partial charge in [0.2, 0.25) is 5.91 Å². The third kappa shape index (κ3) is 4.53. The minimum atomic E-state index is 0.0296. The lowest BCUT2D eigenvalue weighted by Gasteiger charge is -2.21. The quantitative estimate of drug-likeness (QED) is 0.662. The van der Waals surface area contributed by atoms with E-state index < -0.39 is 0 Å². The van der Waals surface area contributed by atoms with Crippen LogP contribution in [0.15, 0.2) is 24.3 Å². The van der Waals surface area contributed by atoms with Gasteiger partial charge in [0.1, 0.15) is 5.75 Å². The molecular weight excluding hydrogens is 306 g/mol. The highest BCUT2D eigenvalue weighted by Gasteiger charge is 2.22. The van der Waals surface area contributed by atoms with Crippen LogP contribution in [0.3, 0.4) is 0 Å². The van der Waals surface area contributed by atoms with Crippen LogP contribution in [0.25, 0.3) is 0 Å². The van der Waals surface area contributed by atoms with Crippen LogP contribution in [0.1, 0.15) is 37.7 Å². The van der Waals surface area contributed by atoms with Gasteiger partial charge in [-0.15, -0.1) is 0 Å². The molecule has 1 aliphatic rings. The van der Waals surface area contributed by atoms with Crippen molar-refractivity contribution < 1.29 is 9.90 Å². The largest absolute Gasteiger partial charge is 0.508 e. The second-order valence-electron chi connectivity index (χ2n) is 5.17. The summed E-state index contributed by atoms with van der Waals surface area (Å²) in [7, 11) is 0. The van der Waals surface area contributed by atoms with Crippen molar-refractivity contribution in [3.63, 3.8) is 0 Å². The van der Waals surface area contributed by atoms with E-state index in [2.05, 4.69) is 21.2 Å². The van der Waals surface area contributed by atoms with Gasteiger partial charge in [0.15, 0.2) is 0 Å². The summed E-state index contributed by atoms with van der Waals surface area (Å²) in [6, 6.07) is 7.10. The lowest BCUT2D eigenvalue weighted by molar-refractivity contribution is -0.121. The molecule has 2 N–H and O–H groups in total. The molecule has 2 unspecified atom stereocenters. The van der Waals surface area contributed by atoms with E-state index in [9.17, 15) is 9.90 Å². The third-order valence-corrected chi connectivity index (χ3v) is 4.65. The molecule has 0 bridgehead atoms. The molecule has 1 amide bonds. The number of benzene rings is 1. The highest BCUT2D eigenvalue weighted by molar-refractivity contribution is 9.09. The first-order chi connectivity index (χ1) is 9.15. The summed E-state index contributed by atoms with van der Waals surface area (Å²) in [4.78, 5) is 12.4. The average molecular weight is 326 g/mol. The number of phenolic OH excluding ortho intramolecular Hbond substituents is 1. The van der Waals surface area contributed by atoms with Crippen LogP contribution in [0.5, 0.6) is 5.75 Å². The Morgan fingerprint density at radius 2 is 2.11 bits per heavy atom. The van der Waals surface area contributed by atoms with Crippen LogP contribution in [0, 0.1) is 0 Å². The van der Waals surface area contributed by atoms with Gasteiger partial charge >= 0.3 is 0 Å². The van der Waals surface area contributed by atoms with Gasteiger partial charge in [-0.2, -0.15) is 0 Å². The number of alkyl halides is 1. The van der Waals surface area contributed by atoms with E-state index in [0.29, 0.717) is 11.2 Å². The Labute approximate surface area is 122 Å². The summed E-state index contributed by atoms with van der Waals surface area (Å²) in [6.07, 6.45) is 6.15. The zero-order valence-electron chi connectivity index (χ0n) is 10.9. The summed E-state index contributed by atoms with van der Waals surface area (Å²) in [5.74, 6) is 0.236. The third-order valence-electron chi connectivity index (χ3n) is 3.55. The van der Waals surface area contributed by atoms with Crippen molar-refractivity contribution in [2.75, 3.05) is 0 Å². The molecule has 0 radical (unpaired) electrons. The molecule has 0 heterocycles. The maximum absolute atomic E-state index is 12.0. The normalized spacial score (nSPS) is 23.6. The lowest BCUT2D eigenvalue weighted by atomic mass is 10.1. The van der Waals surface area contributed by atoms with Crippen molar-refractivity contribution in [3.8, 4) is 5.75 Å². The number of halogens is 1. The summed E-state index contributed by atoms with van der Waals surface area (Å²) >= 11 is 3.68. The van der Waals surface area contributed by atoms with Crippen LogP contribution in [0.2, 0.25) is 0 Å². The fourth-order valence-electron chi connectivity index (χ4n) is 2.53. The number of carbonyl (C=O) groups is 1. The number of aromatic hydroxyl groups is 1. The summed E-state index contributed by atoms with van der Waals surface area (Å²) in [5.41, 5.74) is 0.845. The zero-order valence-corrected chi connectivity index (χ0v) is 12.5. The summed E-state index contributed by atoms with van der Waals surface area (Å²) in [5, 5.41) is 12.5. The summed E-state index contributed by atoms with van der Waals surface area (Å²) < 4.78 is 0. The Hall–Kier alpha value is -1.03. The van der Waals surface area contributed by atoms with Gasteiger partial charge in [-0.05, 0) is 30.5 Å². The minimum Gasteiger partial charge on any atom is -0.508 e. The van der Waals surface area contributed by atoms with Crippen LogP contribution in [-0.2, 0) is 11.2 Å². The fraction of sp³-hybridized carbons (Fsp3) is 0.533. The SMILES string of the molecule is O=C(Cc1cccc(O)c1)NC1CCCCCC1Br. The number of phenols is 1. The van der Waals surface area contributed by atoms with E-state index in [0.717, 1.165) is 18.4 Å². The second kappa shape index (κ2) is 6.94. The molecule has 0 aromatic heterocycles. The molecule has 0 spiro atoms. The van der Waals surface area contributed by atoms with Crippen molar-refractivity contribution in [1.29, 1.82) is 0 Å². The van der Waals surface area contributed by atoms with E-state index >= 15 is 0 Å². The topological polar surface area (TPSA) is 49.3 Å². The van der Waals surface area contributed by atoms with Gasteiger partial charge in [-0.1, -0.05) is 47.3 Å². The number of carbonyl (C=O) groups excluding carboxylic acids is 1. The van der Waals surface area contributed by atoms with Gasteiger partial charge in [0.25, 0.3) is 0 Å². The Morgan fingerprint density at radius 3 is 2.89 bits per heavy atom. The number of rotatable bonds is 3. The van der Waals surface area contributed by atoms with Crippen LogP contribution in [-0.4, -0.2) is 21.9 Å². The fourth-order valence-corrected chi connectivity index (χ4v) is 3.25. The van der Waals surface area contributed by atoms with Crippen LogP contribution >= 0.6 is 15.9 Å². The lowest BCUT2D eigenvalue weighted by Crippen LogP contribution is -2.41. The van der Waals surface area contributed by atoms with E-state index in [4.69, 9.17) is 0 Å². The standard InChI is InChI=1S/C15H20BrNO2/c16-13-7-2-1-3-8-14(13)17-15(19)10-11-5-4-6-12(18)9-11/h4-6,9,13-14,18H,1-3,7-8,10H2,(H,17,19). The van der Waals surface area contributed by atoms with Crippen LogP contribution < -0.4 is 5.32 Å². The van der Waals surface area contributed by atoms with Crippen molar-refractivity contribution in [2.24, 2.45) is 0 Å². The van der Waals surface area contributed by atoms with Gasteiger partial charge in [0.05, 0.1) is 6.42 Å². The molecule has 2 atom stereocenters. The summed E-state index contributed by atoms with van der Waals surface area (Å²) in [6.45, 7) is 0. The average Bonchev–Trinajstić information content (AvgIpc) is 2.55. The number of hydrogen-bond donors (Lipinski definition) is 2. The van der Waals surface area contributed by atoms with Gasteiger partial charge in [0, 0.05) is 10.9 Å². The molecule has 3 nitrogen and oxygen atoms in total. The molecule has 0 saturated heterocycles. The molecule has 1 aromatic rings. The molecule has 104 valence electrons. The second-order valence-corrected chi connectivity index (χ2v) is 6.35. The van der Waals surface area contributed by atoms with Crippen molar-refractivity contribution in [3.05, 3.63) is 29.8 Å². The molecule has 0 aliphatic heterocycles. The molecular formula is C15H20BrNO2. The first kappa shape index (κ1) is 14.4. The number of nitrogens with one attached hydrogen (secondary N) is 1. The molecule has 2 rings (SSSR count). The van der Waals surface area contributed by atoms with Crippen molar-refractivity contribution in [1.82, 2.24) is 5.32 Å². The molecule has 19 heavy (non-hydrogen) atoms. The Bertz CT molecular complexity index is 436. The maximum Gasteiger partial charge on any atom is 0.224 e. The molecule has 1 saturated carbocycles. The monoisotopic (exact) mass is 325 g/mol. The van der Waals surface area contributed by atoms with Gasteiger partial charge < -0.3 is 10.4 Å². The van der Waals surface area contributed by atoms with Gasteiger partial charge in [-0.25, -0.2) is 0 Å². The molecule has 4 heteroatoms. The molecule has 1 aromatic carbocycles. The van der Waals surface area contributed by atoms with E-state index in [1.807, 2.05) is 6.07 Å². The zero-order chi connectivity index (χ0) is 13.7. The van der Waals surface area contributed by atoms with Gasteiger partial charge in [-0.3, -0.25) is 4.79 Å². The smallest absolute Gasteiger partial charge is 0.224 e. The number of amides is 1. The van der Waals surface area contributed by atoms with E-state index in [-0.39, 0.29) is 17.7 Å². The maximum atomic E-state index is 12.0. The van der Waals surface area contributed by atoms with E-state index in [1.165, 1.54) is 19.3 Å². The highest BCUT2D eigenvalue weighted by atomic mass is 79.9.